The number of aryl methyl sites for hydroxylation is 1. The number of aromatic nitrogens is 2. The molecule has 1 atom stereocenters. The predicted molar refractivity (Wildman–Crippen MR) is 104 cm³/mol. The molecule has 2 heterocycles. The maximum Gasteiger partial charge on any atom is 0.229 e. The summed E-state index contributed by atoms with van der Waals surface area (Å²) in [6.45, 7) is 2.56. The summed E-state index contributed by atoms with van der Waals surface area (Å²) in [6, 6.07) is 7.22. The molecule has 0 spiro atoms. The predicted octanol–water partition coefficient (Wildman–Crippen LogP) is 1.68. The van der Waals surface area contributed by atoms with E-state index in [9.17, 15) is 8.42 Å². The number of pyridine rings is 2. The molecule has 1 unspecified atom stereocenters. The Morgan fingerprint density at radius 3 is 2.50 bits per heavy atom. The van der Waals surface area contributed by atoms with E-state index in [-0.39, 0.29) is 0 Å². The monoisotopic (exact) mass is 377 g/mol. The Bertz CT molecular complexity index is 841. The smallest absolute Gasteiger partial charge is 0.229 e. The zero-order valence-electron chi connectivity index (χ0n) is 15.3. The quantitative estimate of drug-likeness (QED) is 0.571. The summed E-state index contributed by atoms with van der Waals surface area (Å²) < 4.78 is 26.0. The number of anilines is 1. The van der Waals surface area contributed by atoms with Crippen LogP contribution in [0, 0.1) is 6.92 Å². The van der Waals surface area contributed by atoms with Gasteiger partial charge in [0, 0.05) is 24.5 Å². The van der Waals surface area contributed by atoms with E-state index in [0.29, 0.717) is 30.8 Å². The van der Waals surface area contributed by atoms with Gasteiger partial charge in [0.2, 0.25) is 10.0 Å². The van der Waals surface area contributed by atoms with Crippen molar-refractivity contribution in [3.05, 3.63) is 53.6 Å². The molecule has 2 aromatic rings. The molecule has 0 saturated heterocycles. The molecule has 0 saturated carbocycles. The second-order valence-electron chi connectivity index (χ2n) is 6.62. The Morgan fingerprint density at radius 2 is 1.85 bits per heavy atom. The highest BCUT2D eigenvalue weighted by molar-refractivity contribution is 7.92. The van der Waals surface area contributed by atoms with Gasteiger partial charge in [-0.2, -0.15) is 0 Å². The fraction of sp³-hybridized carbons (Fsp3) is 0.444. The number of sulfonamides is 1. The minimum Gasteiger partial charge on any atom is -0.330 e. The number of nitrogens with one attached hydrogen (secondary N) is 1. The Balaban J connectivity index is 2.46. The van der Waals surface area contributed by atoms with Gasteiger partial charge in [-0.1, -0.05) is 6.07 Å². The van der Waals surface area contributed by atoms with Crippen LogP contribution in [-0.4, -0.2) is 31.2 Å². The molecular weight excluding hydrogens is 350 g/mol. The number of hydrogen-bond acceptors (Lipinski definition) is 6. The summed E-state index contributed by atoms with van der Waals surface area (Å²) in [5, 5.41) is 0. The van der Waals surface area contributed by atoms with Gasteiger partial charge in [-0.25, -0.2) is 8.42 Å². The molecule has 0 aliphatic rings. The SMILES string of the molecule is Cc1cccnc1CC(N)(CCCCN)c1ncccc1NS(C)(=O)=O. The third kappa shape index (κ3) is 5.48. The normalized spacial score (nSPS) is 14.0. The van der Waals surface area contributed by atoms with E-state index in [1.165, 1.54) is 0 Å². The number of nitrogens with two attached hydrogens (primary N) is 2. The molecule has 2 rings (SSSR count). The maximum atomic E-state index is 11.7. The first-order valence-electron chi connectivity index (χ1n) is 8.58. The summed E-state index contributed by atoms with van der Waals surface area (Å²) in [6.07, 6.45) is 7.19. The van der Waals surface area contributed by atoms with Gasteiger partial charge >= 0.3 is 0 Å². The highest BCUT2D eigenvalue weighted by Gasteiger charge is 2.33. The van der Waals surface area contributed by atoms with Crippen molar-refractivity contribution < 1.29 is 8.42 Å². The number of rotatable bonds is 9. The molecule has 5 N–H and O–H groups in total. The van der Waals surface area contributed by atoms with E-state index in [1.54, 1.807) is 24.5 Å². The van der Waals surface area contributed by atoms with Crippen molar-refractivity contribution >= 4 is 15.7 Å². The van der Waals surface area contributed by atoms with Gasteiger partial charge in [-0.3, -0.25) is 14.7 Å². The van der Waals surface area contributed by atoms with Crippen LogP contribution in [0.15, 0.2) is 36.7 Å². The maximum absolute atomic E-state index is 11.7. The summed E-state index contributed by atoms with van der Waals surface area (Å²) in [5.74, 6) is 0. The Hall–Kier alpha value is -2.03. The number of nitrogens with zero attached hydrogens (tertiary/aromatic N) is 2. The minimum absolute atomic E-state index is 0.402. The first kappa shape index (κ1) is 20.3. The lowest BCUT2D eigenvalue weighted by Gasteiger charge is -2.31. The molecule has 8 heteroatoms. The van der Waals surface area contributed by atoms with E-state index in [1.807, 2.05) is 19.1 Å². The molecule has 0 aromatic carbocycles. The van der Waals surface area contributed by atoms with E-state index < -0.39 is 15.6 Å². The van der Waals surface area contributed by atoms with Crippen LogP contribution in [-0.2, 0) is 22.0 Å². The summed E-state index contributed by atoms with van der Waals surface area (Å²) in [7, 11) is -3.45. The molecule has 0 aliphatic carbocycles. The van der Waals surface area contributed by atoms with Crippen molar-refractivity contribution in [1.29, 1.82) is 0 Å². The lowest BCUT2D eigenvalue weighted by Crippen LogP contribution is -2.41. The topological polar surface area (TPSA) is 124 Å². The minimum atomic E-state index is -3.45. The van der Waals surface area contributed by atoms with Gasteiger partial charge in [-0.05, 0) is 56.5 Å². The average Bonchev–Trinajstić information content (AvgIpc) is 2.56. The Kier molecular flexibility index (Phi) is 6.69. The summed E-state index contributed by atoms with van der Waals surface area (Å²) in [4.78, 5) is 8.88. The molecule has 0 radical (unpaired) electrons. The Morgan fingerprint density at radius 1 is 1.15 bits per heavy atom. The van der Waals surface area contributed by atoms with Crippen LogP contribution < -0.4 is 16.2 Å². The van der Waals surface area contributed by atoms with Crippen LogP contribution in [0.5, 0.6) is 0 Å². The molecule has 0 bridgehead atoms. The molecule has 2 aromatic heterocycles. The molecule has 142 valence electrons. The molecule has 0 amide bonds. The van der Waals surface area contributed by atoms with Crippen molar-refractivity contribution in [3.8, 4) is 0 Å². The highest BCUT2D eigenvalue weighted by Crippen LogP contribution is 2.32. The van der Waals surface area contributed by atoms with Crippen LogP contribution in [0.1, 0.15) is 36.2 Å². The third-order valence-electron chi connectivity index (χ3n) is 4.25. The summed E-state index contributed by atoms with van der Waals surface area (Å²) >= 11 is 0. The molecule has 0 fully saturated rings. The number of hydrogen-bond donors (Lipinski definition) is 3. The van der Waals surface area contributed by atoms with Crippen molar-refractivity contribution in [2.45, 2.75) is 38.1 Å². The van der Waals surface area contributed by atoms with Crippen molar-refractivity contribution in [2.75, 3.05) is 17.5 Å². The molecule has 0 aliphatic heterocycles. The van der Waals surface area contributed by atoms with Crippen molar-refractivity contribution in [3.63, 3.8) is 0 Å². The van der Waals surface area contributed by atoms with Crippen LogP contribution in [0.25, 0.3) is 0 Å². The van der Waals surface area contributed by atoms with Crippen LogP contribution in [0.2, 0.25) is 0 Å². The fourth-order valence-corrected chi connectivity index (χ4v) is 3.53. The van der Waals surface area contributed by atoms with Crippen LogP contribution in [0.3, 0.4) is 0 Å². The zero-order chi connectivity index (χ0) is 19.2. The second kappa shape index (κ2) is 8.57. The second-order valence-corrected chi connectivity index (χ2v) is 8.37. The largest absolute Gasteiger partial charge is 0.330 e. The van der Waals surface area contributed by atoms with E-state index in [4.69, 9.17) is 11.5 Å². The first-order valence-corrected chi connectivity index (χ1v) is 10.5. The summed E-state index contributed by atoms with van der Waals surface area (Å²) in [5.41, 5.74) is 14.4. The van der Waals surface area contributed by atoms with Crippen molar-refractivity contribution in [2.24, 2.45) is 11.5 Å². The van der Waals surface area contributed by atoms with Gasteiger partial charge in [0.05, 0.1) is 23.2 Å². The third-order valence-corrected chi connectivity index (χ3v) is 4.84. The average molecular weight is 378 g/mol. The van der Waals surface area contributed by atoms with Gasteiger partial charge in [0.1, 0.15) is 0 Å². The highest BCUT2D eigenvalue weighted by atomic mass is 32.2. The van der Waals surface area contributed by atoms with Gasteiger partial charge in [-0.15, -0.1) is 0 Å². The van der Waals surface area contributed by atoms with Gasteiger partial charge in [0.25, 0.3) is 0 Å². The van der Waals surface area contributed by atoms with Gasteiger partial charge < -0.3 is 11.5 Å². The lowest BCUT2D eigenvalue weighted by atomic mass is 9.83. The molecular formula is C18H27N5O2S. The molecule has 26 heavy (non-hydrogen) atoms. The first-order chi connectivity index (χ1) is 12.2. The van der Waals surface area contributed by atoms with Crippen LogP contribution >= 0.6 is 0 Å². The van der Waals surface area contributed by atoms with E-state index in [2.05, 4.69) is 14.7 Å². The zero-order valence-corrected chi connectivity index (χ0v) is 16.1. The van der Waals surface area contributed by atoms with Gasteiger partial charge in [0.15, 0.2) is 0 Å². The fourth-order valence-electron chi connectivity index (χ4n) is 2.96. The molecule has 7 nitrogen and oxygen atoms in total. The standard InChI is InChI=1S/C18H27N5O2S/c1-14-7-5-11-21-16(14)13-18(20,9-3-4-10-19)17-15(8-6-12-22-17)23-26(2,24)25/h5-8,11-12,23H,3-4,9-10,13,19-20H2,1-2H3. The van der Waals surface area contributed by atoms with E-state index in [0.717, 1.165) is 30.4 Å². The lowest BCUT2D eigenvalue weighted by molar-refractivity contribution is 0.375. The van der Waals surface area contributed by atoms with Crippen LogP contribution in [0.4, 0.5) is 5.69 Å². The van der Waals surface area contributed by atoms with E-state index >= 15 is 0 Å². The Labute approximate surface area is 155 Å². The number of unbranched alkanes of at least 4 members (excludes halogenated alkanes) is 1. The van der Waals surface area contributed by atoms with Crippen molar-refractivity contribution in [1.82, 2.24) is 9.97 Å².